The minimum atomic E-state index is -0.716. The standard InChI is InChI=1S/C34H47FN4O3/c1-2-39(34(42)36-21-25-10-5-3-6-11-25)30-16-18-37(19-17-30)22-28-23-38(24-31(28)27-14-9-15-29(35)20-27)32(33(40)41)26-12-7-4-8-13-26/h3,5-6,9-11,14-15,20,26,28,30-32H,2,4,7-8,12-13,16-19,21-24H2,1H3,(H,36,42)(H,40,41). The number of amides is 2. The molecule has 8 heteroatoms. The summed E-state index contributed by atoms with van der Waals surface area (Å²) in [5, 5.41) is 13.4. The number of benzene rings is 2. The van der Waals surface area contributed by atoms with E-state index in [2.05, 4.69) is 15.1 Å². The number of carboxylic acid groups (broad SMARTS) is 1. The maximum absolute atomic E-state index is 14.3. The maximum atomic E-state index is 14.3. The van der Waals surface area contributed by atoms with Crippen molar-refractivity contribution in [2.75, 3.05) is 39.3 Å². The Morgan fingerprint density at radius 1 is 1.00 bits per heavy atom. The molecule has 0 radical (unpaired) electrons. The van der Waals surface area contributed by atoms with E-state index < -0.39 is 12.0 Å². The van der Waals surface area contributed by atoms with E-state index in [0.29, 0.717) is 19.6 Å². The molecule has 2 aromatic rings. The fourth-order valence-electron chi connectivity index (χ4n) is 7.73. The number of halogens is 1. The largest absolute Gasteiger partial charge is 0.480 e. The third-order valence-electron chi connectivity index (χ3n) is 9.87. The zero-order valence-electron chi connectivity index (χ0n) is 25.0. The van der Waals surface area contributed by atoms with Crippen molar-refractivity contribution in [3.63, 3.8) is 0 Å². The van der Waals surface area contributed by atoms with E-state index in [1.54, 1.807) is 12.1 Å². The molecule has 2 saturated heterocycles. The van der Waals surface area contributed by atoms with E-state index >= 15 is 0 Å². The number of nitrogens with zero attached hydrogens (tertiary/aromatic N) is 3. The second-order valence-electron chi connectivity index (χ2n) is 12.5. The van der Waals surface area contributed by atoms with Crippen molar-refractivity contribution < 1.29 is 19.1 Å². The lowest BCUT2D eigenvalue weighted by molar-refractivity contribution is -0.145. The Morgan fingerprint density at radius 2 is 1.74 bits per heavy atom. The number of likely N-dealkylation sites (tertiary alicyclic amines) is 2. The van der Waals surface area contributed by atoms with Crippen molar-refractivity contribution in [3.8, 4) is 0 Å². The monoisotopic (exact) mass is 578 g/mol. The average Bonchev–Trinajstić information content (AvgIpc) is 3.41. The lowest BCUT2D eigenvalue weighted by atomic mass is 9.83. The summed E-state index contributed by atoms with van der Waals surface area (Å²) in [4.78, 5) is 32.2. The molecule has 5 rings (SSSR count). The molecule has 0 bridgehead atoms. The number of nitrogens with one attached hydrogen (secondary N) is 1. The minimum absolute atomic E-state index is 0.0140. The summed E-state index contributed by atoms with van der Waals surface area (Å²) >= 11 is 0. The fraction of sp³-hybridized carbons (Fsp3) is 0.588. The second-order valence-corrected chi connectivity index (χ2v) is 12.5. The van der Waals surface area contributed by atoms with Gasteiger partial charge in [-0.1, -0.05) is 61.7 Å². The Hall–Kier alpha value is -2.97. The van der Waals surface area contributed by atoms with Gasteiger partial charge in [-0.15, -0.1) is 0 Å². The minimum Gasteiger partial charge on any atom is -0.480 e. The summed E-state index contributed by atoms with van der Waals surface area (Å²) in [5.74, 6) is -0.443. The molecule has 228 valence electrons. The smallest absolute Gasteiger partial charge is 0.321 e. The van der Waals surface area contributed by atoms with Crippen LogP contribution < -0.4 is 5.32 Å². The van der Waals surface area contributed by atoms with E-state index in [1.807, 2.05) is 48.2 Å². The molecule has 0 spiro atoms. The first-order valence-electron chi connectivity index (χ1n) is 16.0. The first-order valence-corrected chi connectivity index (χ1v) is 16.0. The van der Waals surface area contributed by atoms with Gasteiger partial charge in [-0.2, -0.15) is 0 Å². The van der Waals surface area contributed by atoms with Gasteiger partial charge < -0.3 is 20.2 Å². The van der Waals surface area contributed by atoms with E-state index in [9.17, 15) is 19.1 Å². The molecule has 2 N–H and O–H groups in total. The fourth-order valence-corrected chi connectivity index (χ4v) is 7.73. The lowest BCUT2D eigenvalue weighted by Crippen LogP contribution is -2.51. The molecular weight excluding hydrogens is 531 g/mol. The highest BCUT2D eigenvalue weighted by Crippen LogP contribution is 2.39. The maximum Gasteiger partial charge on any atom is 0.321 e. The van der Waals surface area contributed by atoms with Gasteiger partial charge in [0.1, 0.15) is 11.9 Å². The van der Waals surface area contributed by atoms with Crippen LogP contribution in [0.5, 0.6) is 0 Å². The van der Waals surface area contributed by atoms with Crippen molar-refractivity contribution in [2.45, 2.75) is 76.4 Å². The summed E-state index contributed by atoms with van der Waals surface area (Å²) in [6.45, 7) is 7.25. The van der Waals surface area contributed by atoms with E-state index in [1.165, 1.54) is 12.5 Å². The molecular formula is C34H47FN4O3. The Morgan fingerprint density at radius 3 is 2.40 bits per heavy atom. The molecule has 2 heterocycles. The summed E-state index contributed by atoms with van der Waals surface area (Å²) in [6, 6.07) is 16.6. The van der Waals surface area contributed by atoms with E-state index in [0.717, 1.165) is 75.8 Å². The summed E-state index contributed by atoms with van der Waals surface area (Å²) in [7, 11) is 0. The van der Waals surface area contributed by atoms with Crippen LogP contribution in [0.2, 0.25) is 0 Å². The highest BCUT2D eigenvalue weighted by molar-refractivity contribution is 5.74. The molecule has 3 fully saturated rings. The van der Waals surface area contributed by atoms with E-state index in [-0.39, 0.29) is 35.6 Å². The van der Waals surface area contributed by atoms with Gasteiger partial charge >= 0.3 is 12.0 Å². The van der Waals surface area contributed by atoms with Crippen LogP contribution in [-0.4, -0.2) is 83.2 Å². The highest BCUT2D eigenvalue weighted by atomic mass is 19.1. The number of piperidine rings is 1. The van der Waals surface area contributed by atoms with E-state index in [4.69, 9.17) is 0 Å². The third-order valence-corrected chi connectivity index (χ3v) is 9.87. The molecule has 2 aliphatic heterocycles. The first kappa shape index (κ1) is 30.5. The molecule has 1 saturated carbocycles. The first-order chi connectivity index (χ1) is 20.4. The van der Waals surface area contributed by atoms with Crippen LogP contribution in [0.3, 0.4) is 0 Å². The predicted molar refractivity (Wildman–Crippen MR) is 163 cm³/mol. The number of urea groups is 1. The molecule has 2 aromatic carbocycles. The van der Waals surface area contributed by atoms with Gasteiger partial charge in [-0.25, -0.2) is 9.18 Å². The quantitative estimate of drug-likeness (QED) is 0.386. The molecule has 7 nitrogen and oxygen atoms in total. The van der Waals surface area contributed by atoms with Gasteiger partial charge in [0, 0.05) is 57.8 Å². The Kier molecular flexibility index (Phi) is 10.5. The van der Waals surface area contributed by atoms with Crippen LogP contribution in [0.4, 0.5) is 9.18 Å². The summed E-state index contributed by atoms with van der Waals surface area (Å²) in [6.07, 6.45) is 7.17. The van der Waals surface area contributed by atoms with Crippen molar-refractivity contribution in [3.05, 3.63) is 71.5 Å². The van der Waals surface area contributed by atoms with Gasteiger partial charge in [0.15, 0.2) is 0 Å². The Labute approximate surface area is 250 Å². The number of rotatable bonds is 10. The SMILES string of the molecule is CCN(C(=O)NCc1ccccc1)C1CCN(CC2CN(C(C(=O)O)C3CCCCC3)CC2c2cccc(F)c2)CC1. The van der Waals surface area contributed by atoms with Crippen LogP contribution in [0, 0.1) is 17.7 Å². The third kappa shape index (κ3) is 7.51. The van der Waals surface area contributed by atoms with Gasteiger partial charge in [0.05, 0.1) is 0 Å². The van der Waals surface area contributed by atoms with Crippen LogP contribution in [-0.2, 0) is 11.3 Å². The van der Waals surface area contributed by atoms with Crippen molar-refractivity contribution >= 4 is 12.0 Å². The zero-order chi connectivity index (χ0) is 29.5. The summed E-state index contributed by atoms with van der Waals surface area (Å²) in [5.41, 5.74) is 2.06. The summed E-state index contributed by atoms with van der Waals surface area (Å²) < 4.78 is 14.3. The van der Waals surface area contributed by atoms with Crippen molar-refractivity contribution in [2.24, 2.45) is 11.8 Å². The number of carboxylic acids is 1. The number of hydrogen-bond acceptors (Lipinski definition) is 4. The van der Waals surface area contributed by atoms with Crippen molar-refractivity contribution in [1.29, 1.82) is 0 Å². The Balaban J connectivity index is 1.21. The van der Waals surface area contributed by atoms with Gasteiger partial charge in [-0.05, 0) is 67.7 Å². The van der Waals surface area contributed by atoms with Crippen LogP contribution in [0.1, 0.15) is 68.9 Å². The van der Waals surface area contributed by atoms with Gasteiger partial charge in [0.2, 0.25) is 0 Å². The molecule has 2 amide bonds. The molecule has 3 aliphatic rings. The van der Waals surface area contributed by atoms with Crippen LogP contribution in [0.15, 0.2) is 54.6 Å². The molecule has 3 unspecified atom stereocenters. The highest BCUT2D eigenvalue weighted by Gasteiger charge is 2.43. The van der Waals surface area contributed by atoms with Gasteiger partial charge in [0.25, 0.3) is 0 Å². The van der Waals surface area contributed by atoms with Crippen LogP contribution >= 0.6 is 0 Å². The van der Waals surface area contributed by atoms with Gasteiger partial charge in [-0.3, -0.25) is 9.69 Å². The lowest BCUT2D eigenvalue weighted by Gasteiger charge is -2.39. The zero-order valence-corrected chi connectivity index (χ0v) is 25.0. The molecule has 42 heavy (non-hydrogen) atoms. The normalized spacial score (nSPS) is 23.5. The predicted octanol–water partition coefficient (Wildman–Crippen LogP) is 5.57. The average molecular weight is 579 g/mol. The van der Waals surface area contributed by atoms with Crippen molar-refractivity contribution in [1.82, 2.24) is 20.0 Å². The Bertz CT molecular complexity index is 1170. The molecule has 1 aliphatic carbocycles. The van der Waals surface area contributed by atoms with Crippen LogP contribution in [0.25, 0.3) is 0 Å². The topological polar surface area (TPSA) is 76.1 Å². The molecule has 0 aromatic heterocycles. The number of carbonyl (C=O) groups is 2. The molecule has 3 atom stereocenters. The number of hydrogen-bond donors (Lipinski definition) is 2. The number of aliphatic carboxylic acids is 1. The second kappa shape index (κ2) is 14.5. The number of carbonyl (C=O) groups excluding carboxylic acids is 1.